The van der Waals surface area contributed by atoms with Gasteiger partial charge in [-0.3, -0.25) is 9.59 Å². The summed E-state index contributed by atoms with van der Waals surface area (Å²) >= 11 is 8.49. The van der Waals surface area contributed by atoms with Crippen molar-refractivity contribution < 1.29 is 14.7 Å². The number of aliphatic carboxylic acids is 1. The van der Waals surface area contributed by atoms with Crippen LogP contribution in [0.2, 0.25) is 0 Å². The Hall–Kier alpha value is -1.42. The van der Waals surface area contributed by atoms with Crippen molar-refractivity contribution >= 4 is 76.3 Å². The summed E-state index contributed by atoms with van der Waals surface area (Å²) < 4.78 is 3.60. The zero-order valence-electron chi connectivity index (χ0n) is 12.5. The van der Waals surface area contributed by atoms with Crippen LogP contribution in [0.4, 0.5) is 0 Å². The standard InChI is InChI=1S/C15H14N2O3S4/c18-12-9-24(8-4-3-7-13(19)20)15(21)17(12)16-14-22-10-5-1-2-6-11(10)23-14/h1-2,5-6,8H,3-4,7,9H2,(H,19,20). The number of carboxylic acids is 1. The van der Waals surface area contributed by atoms with Crippen LogP contribution in [0.25, 0.3) is 9.40 Å². The highest BCUT2D eigenvalue weighted by atomic mass is 32.2. The van der Waals surface area contributed by atoms with Crippen molar-refractivity contribution in [1.82, 2.24) is 5.01 Å². The summed E-state index contributed by atoms with van der Waals surface area (Å²) in [5.74, 6) is -0.563. The van der Waals surface area contributed by atoms with E-state index in [1.54, 1.807) is 22.7 Å². The molecule has 1 atom stereocenters. The molecule has 0 aliphatic carbocycles. The number of hydrogen-bond donors (Lipinski definition) is 1. The molecule has 0 radical (unpaired) electrons. The van der Waals surface area contributed by atoms with E-state index in [4.69, 9.17) is 17.3 Å². The monoisotopic (exact) mass is 398 g/mol. The minimum atomic E-state index is -0.806. The largest absolute Gasteiger partial charge is 0.481 e. The van der Waals surface area contributed by atoms with Crippen LogP contribution in [0, 0.1) is 0 Å². The molecule has 0 saturated carbocycles. The van der Waals surface area contributed by atoms with E-state index >= 15 is 0 Å². The first kappa shape index (κ1) is 17.4. The highest BCUT2D eigenvalue weighted by Gasteiger charge is 2.29. The molecule has 1 saturated heterocycles. The SMILES string of the molecule is O=C(O)CCCC=S1CC(=O)N(N=c2sc3ccccc3s2)C1=S. The third-order valence-electron chi connectivity index (χ3n) is 3.25. The average Bonchev–Trinajstić information content (AvgIpc) is 3.07. The molecular formula is C15H14N2O3S4. The number of unbranched alkanes of at least 4 members (excludes halogenated alkanes) is 1. The van der Waals surface area contributed by atoms with Crippen LogP contribution in [0.15, 0.2) is 29.4 Å². The molecule has 1 unspecified atom stereocenters. The highest BCUT2D eigenvalue weighted by Crippen LogP contribution is 2.28. The number of rotatable bonds is 5. The van der Waals surface area contributed by atoms with E-state index in [2.05, 4.69) is 5.10 Å². The number of carboxylic acid groups (broad SMARTS) is 1. The van der Waals surface area contributed by atoms with E-state index in [-0.39, 0.29) is 12.3 Å². The van der Waals surface area contributed by atoms with Gasteiger partial charge in [0.2, 0.25) is 0 Å². The van der Waals surface area contributed by atoms with Gasteiger partial charge in [0.15, 0.2) is 8.31 Å². The fourth-order valence-corrected chi connectivity index (χ4v) is 6.44. The molecule has 126 valence electrons. The van der Waals surface area contributed by atoms with Crippen LogP contribution in [0.5, 0.6) is 0 Å². The summed E-state index contributed by atoms with van der Waals surface area (Å²) in [5, 5.41) is 16.4. The van der Waals surface area contributed by atoms with Gasteiger partial charge in [-0.05, 0) is 25.0 Å². The first-order valence-electron chi connectivity index (χ1n) is 7.19. The summed E-state index contributed by atoms with van der Waals surface area (Å²) in [6, 6.07) is 8.01. The molecule has 1 aliphatic heterocycles. The van der Waals surface area contributed by atoms with E-state index in [1.165, 1.54) is 5.01 Å². The fourth-order valence-electron chi connectivity index (χ4n) is 2.12. The van der Waals surface area contributed by atoms with Crippen LogP contribution in [-0.4, -0.2) is 37.4 Å². The number of carbonyl (C=O) groups is 2. The molecule has 1 amide bonds. The zero-order chi connectivity index (χ0) is 17.1. The summed E-state index contributed by atoms with van der Waals surface area (Å²) in [6.07, 6.45) is 1.33. The Morgan fingerprint density at radius 1 is 1.38 bits per heavy atom. The quantitative estimate of drug-likeness (QED) is 0.620. The molecule has 5 nitrogen and oxygen atoms in total. The third kappa shape index (κ3) is 3.97. The van der Waals surface area contributed by atoms with Crippen molar-refractivity contribution in [3.63, 3.8) is 0 Å². The van der Waals surface area contributed by atoms with E-state index in [9.17, 15) is 9.59 Å². The summed E-state index contributed by atoms with van der Waals surface area (Å²) in [4.78, 5) is 22.7. The number of fused-ring (bicyclic) bond motifs is 1. The Bertz CT molecular complexity index is 877. The van der Waals surface area contributed by atoms with Crippen LogP contribution < -0.4 is 3.98 Å². The number of amides is 1. The molecule has 1 aromatic heterocycles. The molecule has 24 heavy (non-hydrogen) atoms. The van der Waals surface area contributed by atoms with Crippen molar-refractivity contribution in [1.29, 1.82) is 0 Å². The van der Waals surface area contributed by atoms with Crippen LogP contribution >= 0.6 is 45.4 Å². The normalized spacial score (nSPS) is 17.8. The maximum Gasteiger partial charge on any atom is 0.303 e. The lowest BCUT2D eigenvalue weighted by atomic mass is 10.3. The molecule has 0 bridgehead atoms. The first-order chi connectivity index (χ1) is 11.5. The minimum Gasteiger partial charge on any atom is -0.481 e. The summed E-state index contributed by atoms with van der Waals surface area (Å²) in [5.41, 5.74) is 0. The average molecular weight is 399 g/mol. The molecular weight excluding hydrogens is 384 g/mol. The molecule has 1 aliphatic rings. The lowest BCUT2D eigenvalue weighted by molar-refractivity contribution is -0.137. The van der Waals surface area contributed by atoms with Gasteiger partial charge in [0, 0.05) is 15.8 Å². The second-order valence-electron chi connectivity index (χ2n) is 5.01. The van der Waals surface area contributed by atoms with Gasteiger partial charge in [0.1, 0.15) is 0 Å². The van der Waals surface area contributed by atoms with Gasteiger partial charge in [0.05, 0.1) is 5.75 Å². The first-order valence-corrected chi connectivity index (χ1v) is 10.7. The van der Waals surface area contributed by atoms with Crippen molar-refractivity contribution in [3.8, 4) is 0 Å². The number of benzene rings is 1. The highest BCUT2D eigenvalue weighted by molar-refractivity contribution is 8.35. The lowest BCUT2D eigenvalue weighted by Crippen LogP contribution is -2.24. The Kier molecular flexibility index (Phi) is 5.54. The van der Waals surface area contributed by atoms with Gasteiger partial charge < -0.3 is 5.11 Å². The smallest absolute Gasteiger partial charge is 0.303 e. The fraction of sp³-hybridized carbons (Fsp3) is 0.267. The number of nitrogens with zero attached hydrogens (tertiary/aromatic N) is 2. The number of thiocarbonyl (C=S) groups is 1. The summed E-state index contributed by atoms with van der Waals surface area (Å²) in [6.45, 7) is 0. The molecule has 1 aromatic carbocycles. The zero-order valence-corrected chi connectivity index (χ0v) is 15.8. The third-order valence-corrected chi connectivity index (χ3v) is 8.18. The van der Waals surface area contributed by atoms with Gasteiger partial charge in [-0.15, -0.1) is 38.3 Å². The lowest BCUT2D eigenvalue weighted by Gasteiger charge is -2.06. The van der Waals surface area contributed by atoms with Crippen LogP contribution in [0.3, 0.4) is 0 Å². The number of hydrogen-bond acceptors (Lipinski definition) is 6. The Labute approximate surface area is 154 Å². The maximum atomic E-state index is 12.2. The van der Waals surface area contributed by atoms with Crippen molar-refractivity contribution in [2.24, 2.45) is 5.10 Å². The van der Waals surface area contributed by atoms with Gasteiger partial charge in [0.25, 0.3) is 5.91 Å². The molecule has 2 heterocycles. The predicted octanol–water partition coefficient (Wildman–Crippen LogP) is 3.23. The Morgan fingerprint density at radius 3 is 2.67 bits per heavy atom. The van der Waals surface area contributed by atoms with Crippen molar-refractivity contribution in [3.05, 3.63) is 28.3 Å². The number of carbonyl (C=O) groups excluding carboxylic acids is 1. The van der Waals surface area contributed by atoms with Crippen LogP contribution in [0.1, 0.15) is 19.3 Å². The van der Waals surface area contributed by atoms with Gasteiger partial charge in [-0.25, -0.2) is 0 Å². The molecule has 2 aromatic rings. The second kappa shape index (κ2) is 7.64. The van der Waals surface area contributed by atoms with Crippen molar-refractivity contribution in [2.75, 3.05) is 5.75 Å². The van der Waals surface area contributed by atoms with E-state index in [1.807, 2.05) is 29.6 Å². The van der Waals surface area contributed by atoms with Gasteiger partial charge >= 0.3 is 5.97 Å². The molecule has 1 fully saturated rings. The minimum absolute atomic E-state index is 0.0949. The second-order valence-corrected chi connectivity index (χ2v) is 9.85. The van der Waals surface area contributed by atoms with Gasteiger partial charge in [-0.2, -0.15) is 5.01 Å². The van der Waals surface area contributed by atoms with E-state index in [0.717, 1.165) is 13.4 Å². The van der Waals surface area contributed by atoms with E-state index in [0.29, 0.717) is 22.9 Å². The Morgan fingerprint density at radius 2 is 2.04 bits per heavy atom. The molecule has 1 N–H and O–H groups in total. The molecule has 9 heteroatoms. The topological polar surface area (TPSA) is 70.0 Å². The Balaban J connectivity index is 1.78. The maximum absolute atomic E-state index is 12.2. The van der Waals surface area contributed by atoms with E-state index < -0.39 is 16.5 Å². The summed E-state index contributed by atoms with van der Waals surface area (Å²) in [7, 11) is -0.433. The van der Waals surface area contributed by atoms with Crippen LogP contribution in [-0.2, 0) is 9.59 Å². The predicted molar refractivity (Wildman–Crippen MR) is 105 cm³/mol. The molecule has 0 spiro atoms. The molecule has 3 rings (SSSR count). The van der Waals surface area contributed by atoms with Crippen molar-refractivity contribution in [2.45, 2.75) is 19.3 Å². The van der Waals surface area contributed by atoms with Gasteiger partial charge in [-0.1, -0.05) is 29.7 Å².